The number of nitrogens with zero attached hydrogens (tertiary/aromatic N) is 3. The van der Waals surface area contributed by atoms with Gasteiger partial charge in [-0.2, -0.15) is 0 Å². The first-order chi connectivity index (χ1) is 13.6. The van der Waals surface area contributed by atoms with Crippen molar-refractivity contribution in [3.05, 3.63) is 66.0 Å². The van der Waals surface area contributed by atoms with Gasteiger partial charge in [0.2, 0.25) is 5.91 Å². The zero-order valence-electron chi connectivity index (χ0n) is 15.5. The minimum atomic E-state index is -0.0988. The lowest BCUT2D eigenvalue weighted by atomic mass is 10.1. The highest BCUT2D eigenvalue weighted by Crippen LogP contribution is 2.27. The molecule has 1 amide bonds. The average molecular weight is 407 g/mol. The molecule has 0 unspecified atom stereocenters. The first kappa shape index (κ1) is 18.6. The molecule has 140 valence electrons. The number of benzene rings is 2. The van der Waals surface area contributed by atoms with Crippen LogP contribution in [0.15, 0.2) is 59.6 Å². The minimum absolute atomic E-state index is 0.0988. The second kappa shape index (κ2) is 8.08. The van der Waals surface area contributed by atoms with Crippen LogP contribution in [0.4, 0.5) is 5.13 Å². The van der Waals surface area contributed by atoms with Crippen molar-refractivity contribution in [3.63, 3.8) is 0 Å². The molecule has 0 saturated carbocycles. The summed E-state index contributed by atoms with van der Waals surface area (Å²) in [5, 5.41) is 4.29. The molecular weight excluding hydrogens is 388 g/mol. The summed E-state index contributed by atoms with van der Waals surface area (Å²) >= 11 is 2.88. The number of carbonyl (C=O) groups excluding carboxylic acids is 1. The van der Waals surface area contributed by atoms with Crippen molar-refractivity contribution in [1.82, 2.24) is 15.0 Å². The summed E-state index contributed by atoms with van der Waals surface area (Å²) in [5.74, 6) is 0.851. The molecule has 2 aromatic carbocycles. The number of aryl methyl sites for hydroxylation is 2. The van der Waals surface area contributed by atoms with Crippen LogP contribution in [0.3, 0.4) is 0 Å². The number of aromatic nitrogens is 3. The van der Waals surface area contributed by atoms with Crippen molar-refractivity contribution >= 4 is 44.4 Å². The summed E-state index contributed by atoms with van der Waals surface area (Å²) in [4.78, 5) is 25.8. The highest BCUT2D eigenvalue weighted by Gasteiger charge is 2.11. The SMILES string of the molecule is Cc1ccc2nc(NC(=O)CSc3cc(-c4ccccc4)nc(C)n3)sc2c1. The number of amides is 1. The van der Waals surface area contributed by atoms with Crippen LogP contribution in [-0.4, -0.2) is 26.6 Å². The maximum atomic E-state index is 12.4. The van der Waals surface area contributed by atoms with Gasteiger partial charge in [-0.1, -0.05) is 59.5 Å². The Kier molecular flexibility index (Phi) is 5.36. The number of thioether (sulfide) groups is 1. The molecule has 0 aliphatic carbocycles. The molecule has 2 aromatic heterocycles. The van der Waals surface area contributed by atoms with E-state index in [1.54, 1.807) is 0 Å². The molecule has 0 spiro atoms. The molecule has 0 bridgehead atoms. The normalized spacial score (nSPS) is 10.9. The number of fused-ring (bicyclic) bond motifs is 1. The van der Waals surface area contributed by atoms with E-state index in [0.29, 0.717) is 11.0 Å². The number of hydrogen-bond acceptors (Lipinski definition) is 6. The molecule has 28 heavy (non-hydrogen) atoms. The Balaban J connectivity index is 1.43. The molecule has 1 N–H and O–H groups in total. The van der Waals surface area contributed by atoms with E-state index in [9.17, 15) is 4.79 Å². The third-order valence-corrected chi connectivity index (χ3v) is 5.87. The van der Waals surface area contributed by atoms with Gasteiger partial charge in [0, 0.05) is 5.56 Å². The Morgan fingerprint density at radius 2 is 1.86 bits per heavy atom. The molecule has 0 radical (unpaired) electrons. The van der Waals surface area contributed by atoms with E-state index in [-0.39, 0.29) is 11.7 Å². The topological polar surface area (TPSA) is 67.8 Å². The van der Waals surface area contributed by atoms with Gasteiger partial charge in [-0.25, -0.2) is 15.0 Å². The smallest absolute Gasteiger partial charge is 0.236 e. The fourth-order valence-electron chi connectivity index (χ4n) is 2.75. The van der Waals surface area contributed by atoms with Gasteiger partial charge in [-0.15, -0.1) is 0 Å². The van der Waals surface area contributed by atoms with Crippen molar-refractivity contribution in [2.45, 2.75) is 18.9 Å². The Bertz CT molecular complexity index is 1140. The Hall–Kier alpha value is -2.77. The second-order valence-electron chi connectivity index (χ2n) is 6.33. The molecule has 2 heterocycles. The maximum absolute atomic E-state index is 12.4. The fourth-order valence-corrected chi connectivity index (χ4v) is 4.47. The van der Waals surface area contributed by atoms with Crippen LogP contribution in [0, 0.1) is 13.8 Å². The first-order valence-electron chi connectivity index (χ1n) is 8.78. The Morgan fingerprint density at radius 3 is 2.68 bits per heavy atom. The second-order valence-corrected chi connectivity index (χ2v) is 8.36. The summed E-state index contributed by atoms with van der Waals surface area (Å²) < 4.78 is 1.07. The van der Waals surface area contributed by atoms with Crippen molar-refractivity contribution in [2.24, 2.45) is 0 Å². The number of thiazole rings is 1. The monoisotopic (exact) mass is 406 g/mol. The minimum Gasteiger partial charge on any atom is -0.301 e. The summed E-state index contributed by atoms with van der Waals surface area (Å²) in [6, 6.07) is 17.9. The zero-order valence-corrected chi connectivity index (χ0v) is 17.1. The molecule has 0 fully saturated rings. The van der Waals surface area contributed by atoms with Gasteiger partial charge >= 0.3 is 0 Å². The van der Waals surface area contributed by atoms with Gasteiger partial charge in [-0.05, 0) is 37.6 Å². The maximum Gasteiger partial charge on any atom is 0.236 e. The third-order valence-electron chi connectivity index (χ3n) is 4.03. The number of carbonyl (C=O) groups is 1. The van der Waals surface area contributed by atoms with Crippen molar-refractivity contribution in [3.8, 4) is 11.3 Å². The van der Waals surface area contributed by atoms with Crippen LogP contribution in [0.25, 0.3) is 21.5 Å². The standard InChI is InChI=1S/C21H18N4OS2/c1-13-8-9-16-18(10-13)28-21(24-16)25-19(26)12-27-20-11-17(22-14(2)23-20)15-6-4-3-5-7-15/h3-11H,12H2,1-2H3,(H,24,25,26). The average Bonchev–Trinajstić information content (AvgIpc) is 3.08. The summed E-state index contributed by atoms with van der Waals surface area (Å²) in [5.41, 5.74) is 3.97. The first-order valence-corrected chi connectivity index (χ1v) is 10.6. The predicted octanol–water partition coefficient (Wildman–Crippen LogP) is 5.10. The van der Waals surface area contributed by atoms with E-state index in [1.165, 1.54) is 28.7 Å². The molecule has 0 saturated heterocycles. The number of nitrogens with one attached hydrogen (secondary N) is 1. The lowest BCUT2D eigenvalue weighted by Crippen LogP contribution is -2.14. The zero-order chi connectivity index (χ0) is 19.5. The van der Waals surface area contributed by atoms with Crippen LogP contribution in [0.5, 0.6) is 0 Å². The van der Waals surface area contributed by atoms with E-state index in [4.69, 9.17) is 0 Å². The van der Waals surface area contributed by atoms with Crippen molar-refractivity contribution in [2.75, 3.05) is 11.1 Å². The molecular formula is C21H18N4OS2. The van der Waals surface area contributed by atoms with E-state index in [1.807, 2.05) is 62.4 Å². The van der Waals surface area contributed by atoms with E-state index in [0.717, 1.165) is 26.5 Å². The predicted molar refractivity (Wildman–Crippen MR) is 116 cm³/mol. The van der Waals surface area contributed by atoms with Gasteiger partial charge in [0.05, 0.1) is 21.7 Å². The van der Waals surface area contributed by atoms with Crippen LogP contribution in [0.1, 0.15) is 11.4 Å². The van der Waals surface area contributed by atoms with Gasteiger partial charge in [0.25, 0.3) is 0 Å². The van der Waals surface area contributed by atoms with Crippen molar-refractivity contribution < 1.29 is 4.79 Å². The fraction of sp³-hybridized carbons (Fsp3) is 0.143. The van der Waals surface area contributed by atoms with E-state index >= 15 is 0 Å². The molecule has 4 rings (SSSR count). The van der Waals surface area contributed by atoms with Crippen LogP contribution < -0.4 is 5.32 Å². The Morgan fingerprint density at radius 1 is 1.04 bits per heavy atom. The van der Waals surface area contributed by atoms with Crippen LogP contribution in [0.2, 0.25) is 0 Å². The number of rotatable bonds is 5. The molecule has 0 aliphatic heterocycles. The highest BCUT2D eigenvalue weighted by molar-refractivity contribution is 7.99. The van der Waals surface area contributed by atoms with Gasteiger partial charge in [0.1, 0.15) is 10.9 Å². The summed E-state index contributed by atoms with van der Waals surface area (Å²) in [7, 11) is 0. The van der Waals surface area contributed by atoms with Crippen LogP contribution >= 0.6 is 23.1 Å². The van der Waals surface area contributed by atoms with Gasteiger partial charge in [-0.3, -0.25) is 4.79 Å². The van der Waals surface area contributed by atoms with E-state index < -0.39 is 0 Å². The quantitative estimate of drug-likeness (QED) is 0.369. The molecule has 0 aliphatic rings. The van der Waals surface area contributed by atoms with Crippen LogP contribution in [-0.2, 0) is 4.79 Å². The molecule has 4 aromatic rings. The van der Waals surface area contributed by atoms with Gasteiger partial charge < -0.3 is 5.32 Å². The van der Waals surface area contributed by atoms with E-state index in [2.05, 4.69) is 26.3 Å². The third kappa shape index (κ3) is 4.37. The molecule has 5 nitrogen and oxygen atoms in total. The summed E-state index contributed by atoms with van der Waals surface area (Å²) in [6.45, 7) is 3.90. The largest absolute Gasteiger partial charge is 0.301 e. The van der Waals surface area contributed by atoms with Gasteiger partial charge in [0.15, 0.2) is 5.13 Å². The lowest BCUT2D eigenvalue weighted by molar-refractivity contribution is -0.113. The molecule has 0 atom stereocenters. The number of hydrogen-bond donors (Lipinski definition) is 1. The summed E-state index contributed by atoms with van der Waals surface area (Å²) in [6.07, 6.45) is 0. The Labute approximate surface area is 171 Å². The molecule has 7 heteroatoms. The lowest BCUT2D eigenvalue weighted by Gasteiger charge is -2.06. The highest BCUT2D eigenvalue weighted by atomic mass is 32.2. The number of anilines is 1. The van der Waals surface area contributed by atoms with Crippen molar-refractivity contribution in [1.29, 1.82) is 0 Å².